The number of nitrogens with zero attached hydrogens (tertiary/aromatic N) is 4. The Kier molecular flexibility index (Phi) is 6.04. The molecule has 0 saturated carbocycles. The van der Waals surface area contributed by atoms with Gasteiger partial charge in [-0.3, -0.25) is 0 Å². The van der Waals surface area contributed by atoms with Crippen LogP contribution in [-0.4, -0.2) is 50.0 Å². The van der Waals surface area contributed by atoms with Crippen molar-refractivity contribution in [2.75, 3.05) is 19.0 Å². The first-order valence-corrected chi connectivity index (χ1v) is 12.0. The Morgan fingerprint density at radius 1 is 1.09 bits per heavy atom. The number of piperidine rings is 2. The van der Waals surface area contributed by atoms with Crippen LogP contribution in [0.5, 0.6) is 11.6 Å². The lowest BCUT2D eigenvalue weighted by molar-refractivity contribution is 0.0589. The van der Waals surface area contributed by atoms with E-state index in [1.807, 2.05) is 0 Å². The van der Waals surface area contributed by atoms with Crippen molar-refractivity contribution >= 4 is 5.82 Å². The maximum atomic E-state index is 15.0. The molecular weight excluding hydrogens is 447 g/mol. The van der Waals surface area contributed by atoms with Gasteiger partial charge in [-0.05, 0) is 76.1 Å². The Hall–Kier alpha value is -3.33. The Morgan fingerprint density at radius 2 is 1.86 bits per heavy atom. The molecule has 2 aromatic heterocycles. The van der Waals surface area contributed by atoms with Crippen LogP contribution in [0.25, 0.3) is 22.5 Å². The number of aromatic hydroxyl groups is 1. The van der Waals surface area contributed by atoms with Gasteiger partial charge in [0.05, 0.1) is 24.1 Å². The maximum absolute atomic E-state index is 15.0. The van der Waals surface area contributed by atoms with Gasteiger partial charge in [0.15, 0.2) is 0 Å². The van der Waals surface area contributed by atoms with Crippen molar-refractivity contribution in [1.82, 2.24) is 25.5 Å². The quantitative estimate of drug-likeness (QED) is 0.473. The Morgan fingerprint density at radius 3 is 2.51 bits per heavy atom. The van der Waals surface area contributed by atoms with Gasteiger partial charge in [0.25, 0.3) is 0 Å². The van der Waals surface area contributed by atoms with Crippen LogP contribution in [0.15, 0.2) is 36.7 Å². The normalized spacial score (nSPS) is 25.8. The smallest absolute Gasteiger partial charge is 0.216 e. The minimum Gasteiger partial charge on any atom is -0.507 e. The molecule has 3 aromatic rings. The van der Waals surface area contributed by atoms with E-state index in [1.165, 1.54) is 44.8 Å². The van der Waals surface area contributed by atoms with E-state index in [0.717, 1.165) is 19.4 Å². The number of benzene rings is 1. The molecule has 184 valence electrons. The summed E-state index contributed by atoms with van der Waals surface area (Å²) < 4.78 is 20.1. The molecule has 2 unspecified atom stereocenters. The molecule has 2 aliphatic heterocycles. The van der Waals surface area contributed by atoms with Crippen molar-refractivity contribution in [3.63, 3.8) is 0 Å². The molecule has 8 nitrogen and oxygen atoms in total. The molecule has 0 aliphatic carbocycles. The lowest BCUT2D eigenvalue weighted by Gasteiger charge is -2.53. The van der Waals surface area contributed by atoms with Gasteiger partial charge in [-0.15, -0.1) is 10.2 Å². The van der Waals surface area contributed by atoms with Gasteiger partial charge in [-0.1, -0.05) is 0 Å². The molecule has 5 rings (SSSR count). The maximum Gasteiger partial charge on any atom is 0.216 e. The van der Waals surface area contributed by atoms with Gasteiger partial charge in [-0.2, -0.15) is 0 Å². The van der Waals surface area contributed by atoms with Crippen LogP contribution in [0, 0.1) is 11.7 Å². The highest BCUT2D eigenvalue weighted by Crippen LogP contribution is 2.42. The van der Waals surface area contributed by atoms with Gasteiger partial charge in [0.1, 0.15) is 23.7 Å². The molecule has 2 aliphatic rings. The lowest BCUT2D eigenvalue weighted by atomic mass is 9.67. The molecule has 0 spiro atoms. The number of anilines is 1. The van der Waals surface area contributed by atoms with Crippen molar-refractivity contribution < 1.29 is 14.2 Å². The molecule has 35 heavy (non-hydrogen) atoms. The van der Waals surface area contributed by atoms with Crippen molar-refractivity contribution in [2.45, 2.75) is 57.0 Å². The number of fused-ring (bicyclic) bond motifs is 2. The van der Waals surface area contributed by atoms with E-state index in [1.54, 1.807) is 18.2 Å². The minimum absolute atomic E-state index is 0.000788. The molecule has 0 radical (unpaired) electrons. The van der Waals surface area contributed by atoms with Crippen molar-refractivity contribution in [1.29, 1.82) is 0 Å². The van der Waals surface area contributed by atoms with E-state index in [-0.39, 0.29) is 28.1 Å². The average Bonchev–Trinajstić information content (AvgIpc) is 2.82. The summed E-state index contributed by atoms with van der Waals surface area (Å²) in [6.45, 7) is 5.48. The largest absolute Gasteiger partial charge is 0.507 e. The molecule has 0 amide bonds. The van der Waals surface area contributed by atoms with Crippen molar-refractivity contribution in [3.05, 3.63) is 42.5 Å². The summed E-state index contributed by atoms with van der Waals surface area (Å²) in [4.78, 5) is 8.08. The number of aromatic nitrogens is 4. The molecular formula is C26H31FN6O2. The predicted octanol–water partition coefficient (Wildman–Crippen LogP) is 4.57. The van der Waals surface area contributed by atoms with Crippen LogP contribution >= 0.6 is 0 Å². The molecule has 1 aromatic carbocycles. The fourth-order valence-electron chi connectivity index (χ4n) is 5.93. The van der Waals surface area contributed by atoms with E-state index < -0.39 is 5.82 Å². The van der Waals surface area contributed by atoms with Crippen LogP contribution in [-0.2, 0) is 0 Å². The number of hydrogen-bond acceptors (Lipinski definition) is 8. The van der Waals surface area contributed by atoms with Crippen molar-refractivity contribution in [3.8, 4) is 34.1 Å². The number of methoxy groups -OCH3 is 1. The van der Waals surface area contributed by atoms with Crippen LogP contribution < -0.4 is 15.4 Å². The summed E-state index contributed by atoms with van der Waals surface area (Å²) >= 11 is 0. The molecule has 2 saturated heterocycles. The molecule has 9 heteroatoms. The number of phenolic OH excluding ortho intramolecular Hbond substituents is 1. The second-order valence-electron chi connectivity index (χ2n) is 10.4. The van der Waals surface area contributed by atoms with E-state index >= 15 is 4.39 Å². The summed E-state index contributed by atoms with van der Waals surface area (Å²) in [5.41, 5.74) is 1.50. The Labute approximate surface area is 204 Å². The van der Waals surface area contributed by atoms with E-state index in [0.29, 0.717) is 28.9 Å². The SMILES string of the molecule is COc1cc(-c2cc(O)c(-c3ccc(NCC4CC5(C)CCCC(C)(C4)N5)nn3)c(F)c2)ncn1. The molecule has 2 atom stereocenters. The van der Waals surface area contributed by atoms with Crippen LogP contribution in [0.4, 0.5) is 10.2 Å². The van der Waals surface area contributed by atoms with Gasteiger partial charge >= 0.3 is 0 Å². The lowest BCUT2D eigenvalue weighted by Crippen LogP contribution is -2.63. The number of phenols is 1. The highest BCUT2D eigenvalue weighted by atomic mass is 19.1. The average molecular weight is 479 g/mol. The van der Waals surface area contributed by atoms with Gasteiger partial charge in [-0.25, -0.2) is 14.4 Å². The number of rotatable bonds is 6. The summed E-state index contributed by atoms with van der Waals surface area (Å²) in [7, 11) is 1.49. The summed E-state index contributed by atoms with van der Waals surface area (Å²) in [6, 6.07) is 7.77. The number of ether oxygens (including phenoxy) is 1. The zero-order valence-electron chi connectivity index (χ0n) is 20.3. The Balaban J connectivity index is 1.29. The second kappa shape index (κ2) is 9.03. The van der Waals surface area contributed by atoms with Crippen LogP contribution in [0.2, 0.25) is 0 Å². The predicted molar refractivity (Wildman–Crippen MR) is 132 cm³/mol. The highest BCUT2D eigenvalue weighted by Gasteiger charge is 2.45. The third kappa shape index (κ3) is 4.91. The minimum atomic E-state index is -0.615. The van der Waals surface area contributed by atoms with Gasteiger partial charge in [0.2, 0.25) is 5.88 Å². The van der Waals surface area contributed by atoms with Gasteiger partial charge in [0, 0.05) is 29.3 Å². The molecule has 2 fully saturated rings. The Bertz CT molecular complexity index is 1180. The van der Waals surface area contributed by atoms with E-state index in [9.17, 15) is 5.11 Å². The number of hydrogen-bond donors (Lipinski definition) is 3. The first-order chi connectivity index (χ1) is 16.8. The van der Waals surface area contributed by atoms with Crippen molar-refractivity contribution in [2.24, 2.45) is 5.92 Å². The zero-order chi connectivity index (χ0) is 24.6. The third-order valence-corrected chi connectivity index (χ3v) is 7.25. The second-order valence-corrected chi connectivity index (χ2v) is 10.4. The highest BCUT2D eigenvalue weighted by molar-refractivity contribution is 5.74. The fourth-order valence-corrected chi connectivity index (χ4v) is 5.93. The number of halogens is 1. The first kappa shape index (κ1) is 23.4. The molecule has 2 bridgehead atoms. The summed E-state index contributed by atoms with van der Waals surface area (Å²) in [6.07, 6.45) is 7.30. The summed E-state index contributed by atoms with van der Waals surface area (Å²) in [5, 5.41) is 26.3. The topological polar surface area (TPSA) is 105 Å². The van der Waals surface area contributed by atoms with Crippen LogP contribution in [0.3, 0.4) is 0 Å². The molecule has 3 N–H and O–H groups in total. The van der Waals surface area contributed by atoms with E-state index in [2.05, 4.69) is 44.6 Å². The van der Waals surface area contributed by atoms with Gasteiger partial charge < -0.3 is 20.5 Å². The standard InChI is InChI=1S/C26H31FN6O2/c1-25-7-4-8-26(2,33-25)13-16(12-25)14-28-22-6-5-19(31-32-22)24-18(27)9-17(10-21(24)34)20-11-23(35-3)30-15-29-20/h5-6,9-11,15-16,33-34H,4,7-8,12-14H2,1-3H3,(H,28,32). The third-order valence-electron chi connectivity index (χ3n) is 7.25. The first-order valence-electron chi connectivity index (χ1n) is 12.0. The summed E-state index contributed by atoms with van der Waals surface area (Å²) in [5.74, 6) is 0.675. The fraction of sp³-hybridized carbons (Fsp3) is 0.462. The number of nitrogens with one attached hydrogen (secondary N) is 2. The van der Waals surface area contributed by atoms with E-state index in [4.69, 9.17) is 4.74 Å². The molecule has 4 heterocycles. The van der Waals surface area contributed by atoms with Crippen LogP contribution in [0.1, 0.15) is 46.0 Å². The monoisotopic (exact) mass is 478 g/mol. The zero-order valence-corrected chi connectivity index (χ0v) is 20.3.